The number of allylic oxidation sites excluding steroid dienone is 2. The highest BCUT2D eigenvalue weighted by Crippen LogP contribution is 2.36. The van der Waals surface area contributed by atoms with Gasteiger partial charge < -0.3 is 5.32 Å². The summed E-state index contributed by atoms with van der Waals surface area (Å²) >= 11 is 0. The predicted octanol–water partition coefficient (Wildman–Crippen LogP) is 3.24. The summed E-state index contributed by atoms with van der Waals surface area (Å²) < 4.78 is 0. The van der Waals surface area contributed by atoms with Crippen LogP contribution < -0.4 is 5.32 Å². The highest BCUT2D eigenvalue weighted by atomic mass is 28.3. The third-order valence-corrected chi connectivity index (χ3v) is 5.97. The fourth-order valence-electron chi connectivity index (χ4n) is 2.97. The molecule has 1 aliphatic rings. The summed E-state index contributed by atoms with van der Waals surface area (Å²) in [4.78, 5) is 23.5. The number of hydrogen-bond acceptors (Lipinski definition) is 2. The second kappa shape index (κ2) is 6.08. The van der Waals surface area contributed by atoms with Gasteiger partial charge in [0.1, 0.15) is 0 Å². The largest absolute Gasteiger partial charge is 0.350 e. The second-order valence-electron chi connectivity index (χ2n) is 6.66. The lowest BCUT2D eigenvalue weighted by atomic mass is 9.82. The lowest BCUT2D eigenvalue weighted by Gasteiger charge is -2.36. The van der Waals surface area contributed by atoms with Crippen molar-refractivity contribution in [1.82, 2.24) is 5.32 Å². The monoisotopic (exact) mass is 293 g/mol. The molecule has 1 rings (SSSR count). The van der Waals surface area contributed by atoms with E-state index < -0.39 is 8.07 Å². The first-order chi connectivity index (χ1) is 9.09. The van der Waals surface area contributed by atoms with Crippen LogP contribution >= 0.6 is 0 Å². The Bertz CT molecular complexity index is 483. The van der Waals surface area contributed by atoms with Crippen molar-refractivity contribution in [2.75, 3.05) is 0 Å². The Morgan fingerprint density at radius 2 is 1.80 bits per heavy atom. The normalized spacial score (nSPS) is 23.4. The molecule has 0 aromatic carbocycles. The van der Waals surface area contributed by atoms with Gasteiger partial charge >= 0.3 is 0 Å². The molecule has 0 unspecified atom stereocenters. The summed E-state index contributed by atoms with van der Waals surface area (Å²) in [5.41, 5.74) is 2.12. The van der Waals surface area contributed by atoms with Crippen LogP contribution in [0.2, 0.25) is 19.6 Å². The molecule has 20 heavy (non-hydrogen) atoms. The maximum Gasteiger partial charge on any atom is 0.217 e. The van der Waals surface area contributed by atoms with E-state index in [1.807, 2.05) is 0 Å². The van der Waals surface area contributed by atoms with Gasteiger partial charge in [-0.25, -0.2) is 0 Å². The molecular weight excluding hydrogens is 266 g/mol. The third-order valence-electron chi connectivity index (χ3n) is 3.94. The van der Waals surface area contributed by atoms with Crippen LogP contribution in [0.1, 0.15) is 34.1 Å². The topological polar surface area (TPSA) is 46.2 Å². The summed E-state index contributed by atoms with van der Waals surface area (Å²) in [6.45, 7) is 14.1. The summed E-state index contributed by atoms with van der Waals surface area (Å²) in [5.74, 6) is 0.321. The van der Waals surface area contributed by atoms with E-state index in [1.165, 1.54) is 10.8 Å². The summed E-state index contributed by atoms with van der Waals surface area (Å²) in [5, 5.41) is 4.21. The number of Topliss-reactive ketones (excluding diaryl/α,β-unsaturated/α-hetero) is 1. The molecule has 0 aromatic heterocycles. The quantitative estimate of drug-likeness (QED) is 0.809. The van der Waals surface area contributed by atoms with Crippen LogP contribution in [0.3, 0.4) is 0 Å². The molecule has 0 spiro atoms. The molecule has 0 heterocycles. The first kappa shape index (κ1) is 16.9. The van der Waals surface area contributed by atoms with Gasteiger partial charge in [0.2, 0.25) is 5.91 Å². The fraction of sp³-hybridized carbons (Fsp3) is 0.625. The average Bonchev–Trinajstić information content (AvgIpc) is 2.28. The molecule has 2 atom stereocenters. The van der Waals surface area contributed by atoms with Gasteiger partial charge in [0, 0.05) is 18.4 Å². The minimum absolute atomic E-state index is 0.00674. The van der Waals surface area contributed by atoms with Gasteiger partial charge in [0.15, 0.2) is 5.78 Å². The first-order valence-corrected chi connectivity index (χ1v) is 10.8. The van der Waals surface area contributed by atoms with Crippen LogP contribution in [-0.2, 0) is 9.59 Å². The van der Waals surface area contributed by atoms with Crippen molar-refractivity contribution in [3.8, 4) is 0 Å². The molecule has 1 amide bonds. The number of carbonyl (C=O) groups is 2. The summed E-state index contributed by atoms with van der Waals surface area (Å²) in [7, 11) is -1.63. The Morgan fingerprint density at radius 3 is 2.15 bits per heavy atom. The molecule has 0 fully saturated rings. The van der Waals surface area contributed by atoms with E-state index in [0.717, 1.165) is 12.0 Å². The Labute approximate surface area is 123 Å². The molecule has 3 nitrogen and oxygen atoms in total. The van der Waals surface area contributed by atoms with Crippen LogP contribution in [0, 0.1) is 5.92 Å². The SMILES string of the molecule is CCC1=C(C(C)=O)C([Si](C)(C)C)=C[C@H](NC(C)=O)[C@@H]1C. The molecule has 0 radical (unpaired) electrons. The zero-order valence-corrected chi connectivity index (χ0v) is 14.8. The molecule has 1 N–H and O–H groups in total. The number of nitrogens with one attached hydrogen (secondary N) is 1. The maximum absolute atomic E-state index is 12.1. The van der Waals surface area contributed by atoms with Crippen LogP contribution in [0.4, 0.5) is 0 Å². The highest BCUT2D eigenvalue weighted by molar-refractivity contribution is 6.84. The van der Waals surface area contributed by atoms with E-state index in [4.69, 9.17) is 0 Å². The molecule has 0 bridgehead atoms. The van der Waals surface area contributed by atoms with E-state index in [0.29, 0.717) is 0 Å². The molecular formula is C16H27NO2Si. The molecule has 0 saturated heterocycles. The Hall–Kier alpha value is -1.16. The van der Waals surface area contributed by atoms with Crippen molar-refractivity contribution < 1.29 is 9.59 Å². The van der Waals surface area contributed by atoms with Gasteiger partial charge in [-0.3, -0.25) is 9.59 Å². The Morgan fingerprint density at radius 1 is 1.25 bits per heavy atom. The van der Waals surface area contributed by atoms with Crippen molar-refractivity contribution in [3.63, 3.8) is 0 Å². The fourth-order valence-corrected chi connectivity index (χ4v) is 4.73. The van der Waals surface area contributed by atoms with E-state index >= 15 is 0 Å². The van der Waals surface area contributed by atoms with Gasteiger partial charge in [0.25, 0.3) is 0 Å². The Kier molecular flexibility index (Phi) is 5.14. The number of rotatable bonds is 4. The van der Waals surface area contributed by atoms with Crippen molar-refractivity contribution >= 4 is 19.8 Å². The van der Waals surface area contributed by atoms with Gasteiger partial charge in [0.05, 0.1) is 14.1 Å². The molecule has 0 aromatic rings. The summed E-state index contributed by atoms with van der Waals surface area (Å²) in [6, 6.07) is 0.00674. The standard InChI is InChI=1S/C16H27NO2Si/c1-8-13-10(2)14(17-12(4)19)9-15(20(5,6)7)16(13)11(3)18/h9-10,14H,8H2,1-7H3,(H,17,19)/t10-,14+/m1/s1. The second-order valence-corrected chi connectivity index (χ2v) is 11.7. The minimum atomic E-state index is -1.63. The zero-order chi connectivity index (χ0) is 15.7. The zero-order valence-electron chi connectivity index (χ0n) is 13.8. The average molecular weight is 293 g/mol. The van der Waals surface area contributed by atoms with Gasteiger partial charge in [-0.15, -0.1) is 0 Å². The molecule has 4 heteroatoms. The van der Waals surface area contributed by atoms with E-state index in [9.17, 15) is 9.59 Å². The predicted molar refractivity (Wildman–Crippen MR) is 86.2 cm³/mol. The third kappa shape index (κ3) is 3.48. The van der Waals surface area contributed by atoms with Crippen LogP contribution in [-0.4, -0.2) is 25.8 Å². The molecule has 0 aliphatic heterocycles. The van der Waals surface area contributed by atoms with E-state index in [2.05, 4.69) is 44.9 Å². The van der Waals surface area contributed by atoms with Gasteiger partial charge in [-0.1, -0.05) is 50.3 Å². The van der Waals surface area contributed by atoms with Crippen LogP contribution in [0.25, 0.3) is 0 Å². The smallest absolute Gasteiger partial charge is 0.217 e. The number of carbonyl (C=O) groups excluding carboxylic acids is 2. The van der Waals surface area contributed by atoms with Crippen molar-refractivity contribution in [2.24, 2.45) is 5.92 Å². The van der Waals surface area contributed by atoms with Crippen LogP contribution in [0.15, 0.2) is 22.4 Å². The number of hydrogen-bond donors (Lipinski definition) is 1. The first-order valence-electron chi connectivity index (χ1n) is 7.33. The lowest BCUT2D eigenvalue weighted by Crippen LogP contribution is -2.43. The number of ketones is 1. The minimum Gasteiger partial charge on any atom is -0.350 e. The van der Waals surface area contributed by atoms with Gasteiger partial charge in [-0.05, 0) is 13.3 Å². The lowest BCUT2D eigenvalue weighted by molar-refractivity contribution is -0.119. The molecule has 0 saturated carbocycles. The maximum atomic E-state index is 12.1. The highest BCUT2D eigenvalue weighted by Gasteiger charge is 2.35. The van der Waals surface area contributed by atoms with Gasteiger partial charge in [-0.2, -0.15) is 0 Å². The van der Waals surface area contributed by atoms with Crippen LogP contribution in [0.5, 0.6) is 0 Å². The van der Waals surface area contributed by atoms with Crippen molar-refractivity contribution in [2.45, 2.75) is 59.8 Å². The van der Waals surface area contributed by atoms with Crippen molar-refractivity contribution in [3.05, 3.63) is 22.4 Å². The summed E-state index contributed by atoms with van der Waals surface area (Å²) in [6.07, 6.45) is 2.99. The molecule has 1 aliphatic carbocycles. The van der Waals surface area contributed by atoms with Crippen molar-refractivity contribution in [1.29, 1.82) is 0 Å². The molecule has 112 valence electrons. The number of amides is 1. The Balaban J connectivity index is 3.42. The van der Waals surface area contributed by atoms with E-state index in [-0.39, 0.29) is 23.7 Å². The van der Waals surface area contributed by atoms with E-state index in [1.54, 1.807) is 13.8 Å².